The van der Waals surface area contributed by atoms with Crippen LogP contribution in [-0.2, 0) is 16.0 Å². The summed E-state index contributed by atoms with van der Waals surface area (Å²) in [6.45, 7) is 4.51. The Hall–Kier alpha value is -2.95. The minimum Gasteiger partial charge on any atom is -0.465 e. The molecule has 0 aliphatic heterocycles. The van der Waals surface area contributed by atoms with Gasteiger partial charge in [0.05, 0.1) is 36.3 Å². The van der Waals surface area contributed by atoms with Crippen molar-refractivity contribution in [2.45, 2.75) is 33.1 Å². The first-order valence-electron chi connectivity index (χ1n) is 9.34. The summed E-state index contributed by atoms with van der Waals surface area (Å²) in [6, 6.07) is 12.0. The minimum atomic E-state index is -0.190. The van der Waals surface area contributed by atoms with Crippen LogP contribution >= 0.6 is 0 Å². The van der Waals surface area contributed by atoms with E-state index >= 15 is 0 Å². The third-order valence-corrected chi connectivity index (χ3v) is 4.97. The molecular weight excluding hydrogens is 338 g/mol. The van der Waals surface area contributed by atoms with Crippen LogP contribution in [0.5, 0.6) is 0 Å². The summed E-state index contributed by atoms with van der Waals surface area (Å²) >= 11 is 0. The second kappa shape index (κ2) is 7.35. The summed E-state index contributed by atoms with van der Waals surface area (Å²) in [5.41, 5.74) is 5.68. The molecule has 5 nitrogen and oxygen atoms in total. The van der Waals surface area contributed by atoms with Crippen molar-refractivity contribution in [3.63, 3.8) is 0 Å². The molecule has 0 radical (unpaired) electrons. The Morgan fingerprint density at radius 3 is 2.67 bits per heavy atom. The van der Waals surface area contributed by atoms with Gasteiger partial charge in [0.15, 0.2) is 0 Å². The number of benzene rings is 1. The van der Waals surface area contributed by atoms with Crippen molar-refractivity contribution >= 4 is 5.97 Å². The lowest BCUT2D eigenvalue weighted by atomic mass is 10.0. The number of carbonyl (C=O) groups is 1. The summed E-state index contributed by atoms with van der Waals surface area (Å²) < 4.78 is 7.37. The molecular formula is C22H23N3O2. The fourth-order valence-electron chi connectivity index (χ4n) is 3.21. The number of hydrogen-bond acceptors (Lipinski definition) is 4. The van der Waals surface area contributed by atoms with Gasteiger partial charge in [0.25, 0.3) is 0 Å². The predicted molar refractivity (Wildman–Crippen MR) is 104 cm³/mol. The largest absolute Gasteiger partial charge is 0.465 e. The van der Waals surface area contributed by atoms with Gasteiger partial charge in [0.2, 0.25) is 0 Å². The lowest BCUT2D eigenvalue weighted by Gasteiger charge is -2.12. The van der Waals surface area contributed by atoms with Crippen molar-refractivity contribution in [2.24, 2.45) is 5.92 Å². The van der Waals surface area contributed by atoms with E-state index < -0.39 is 0 Å². The number of aryl methyl sites for hydroxylation is 2. The topological polar surface area (TPSA) is 57.0 Å². The maximum absolute atomic E-state index is 12.4. The number of pyridine rings is 1. The van der Waals surface area contributed by atoms with E-state index in [9.17, 15) is 4.79 Å². The van der Waals surface area contributed by atoms with Gasteiger partial charge in [-0.15, -0.1) is 0 Å². The zero-order valence-electron chi connectivity index (χ0n) is 15.7. The minimum absolute atomic E-state index is 0.190. The van der Waals surface area contributed by atoms with Crippen LogP contribution in [0.2, 0.25) is 0 Å². The molecule has 2 aromatic heterocycles. The Labute approximate surface area is 159 Å². The highest BCUT2D eigenvalue weighted by Crippen LogP contribution is 2.31. The molecule has 0 amide bonds. The molecule has 2 heterocycles. The number of aromatic nitrogens is 3. The Bertz CT molecular complexity index is 959. The maximum Gasteiger partial charge on any atom is 0.310 e. The number of nitrogens with zero attached hydrogens (tertiary/aromatic N) is 3. The van der Waals surface area contributed by atoms with Gasteiger partial charge in [0.1, 0.15) is 0 Å². The summed E-state index contributed by atoms with van der Waals surface area (Å²) in [7, 11) is 0. The molecule has 0 unspecified atom stereocenters. The molecule has 1 aliphatic carbocycles. The zero-order valence-corrected chi connectivity index (χ0v) is 15.7. The Morgan fingerprint density at radius 2 is 1.96 bits per heavy atom. The van der Waals surface area contributed by atoms with Crippen LogP contribution in [0.15, 0.2) is 48.8 Å². The highest BCUT2D eigenvalue weighted by Gasteiger charge is 2.25. The molecule has 27 heavy (non-hydrogen) atoms. The molecule has 0 saturated heterocycles. The molecule has 1 aromatic carbocycles. The van der Waals surface area contributed by atoms with Crippen molar-refractivity contribution in [2.75, 3.05) is 6.61 Å². The van der Waals surface area contributed by atoms with Gasteiger partial charge < -0.3 is 4.74 Å². The van der Waals surface area contributed by atoms with Crippen molar-refractivity contribution < 1.29 is 9.53 Å². The van der Waals surface area contributed by atoms with Gasteiger partial charge in [-0.25, -0.2) is 4.68 Å². The fraction of sp³-hybridized carbons (Fsp3) is 0.318. The van der Waals surface area contributed by atoms with Gasteiger partial charge in [-0.05, 0) is 44.2 Å². The summed E-state index contributed by atoms with van der Waals surface area (Å²) in [5, 5.41) is 4.75. The second-order valence-electron chi connectivity index (χ2n) is 7.16. The van der Waals surface area contributed by atoms with Gasteiger partial charge >= 0.3 is 5.97 Å². The molecule has 5 heteroatoms. The van der Waals surface area contributed by atoms with Crippen LogP contribution in [0.3, 0.4) is 0 Å². The first-order valence-corrected chi connectivity index (χ1v) is 9.34. The number of hydrogen-bond donors (Lipinski definition) is 0. The lowest BCUT2D eigenvalue weighted by Crippen LogP contribution is -2.11. The standard InChI is InChI=1S/C22H23N3O2/c1-15-10-11-23-13-20(15)25-22(18-6-4-3-5-7-18)19(16(2)24-25)12-21(26)27-14-17-8-9-17/h3-7,10-11,13,17H,8-9,12,14H2,1-2H3. The SMILES string of the molecule is Cc1ccncc1-n1nc(C)c(CC(=O)OCC2CC2)c1-c1ccccc1. The van der Waals surface area contributed by atoms with Crippen molar-refractivity contribution in [3.8, 4) is 16.9 Å². The fourth-order valence-corrected chi connectivity index (χ4v) is 3.21. The average molecular weight is 361 g/mol. The highest BCUT2D eigenvalue weighted by atomic mass is 16.5. The second-order valence-corrected chi connectivity index (χ2v) is 7.16. The van der Waals surface area contributed by atoms with Crippen LogP contribution in [-0.4, -0.2) is 27.3 Å². The molecule has 1 aliphatic rings. The Balaban J connectivity index is 1.76. The highest BCUT2D eigenvalue weighted by molar-refractivity contribution is 5.78. The van der Waals surface area contributed by atoms with Gasteiger partial charge in [-0.2, -0.15) is 5.10 Å². The number of ether oxygens (including phenoxy) is 1. The van der Waals surface area contributed by atoms with E-state index in [0.717, 1.165) is 33.8 Å². The first kappa shape index (κ1) is 17.5. The van der Waals surface area contributed by atoms with E-state index in [2.05, 4.69) is 4.98 Å². The van der Waals surface area contributed by atoms with Gasteiger partial charge in [0, 0.05) is 17.3 Å². The van der Waals surface area contributed by atoms with Gasteiger partial charge in [-0.1, -0.05) is 30.3 Å². The van der Waals surface area contributed by atoms with Gasteiger partial charge in [-0.3, -0.25) is 9.78 Å². The lowest BCUT2D eigenvalue weighted by molar-refractivity contribution is -0.143. The Morgan fingerprint density at radius 1 is 1.19 bits per heavy atom. The normalized spacial score (nSPS) is 13.6. The third kappa shape index (κ3) is 3.77. The number of carbonyl (C=O) groups excluding carboxylic acids is 1. The molecule has 4 rings (SSSR count). The summed E-state index contributed by atoms with van der Waals surface area (Å²) in [6.07, 6.45) is 6.14. The third-order valence-electron chi connectivity index (χ3n) is 4.97. The maximum atomic E-state index is 12.4. The molecule has 1 fully saturated rings. The molecule has 0 spiro atoms. The van der Waals surface area contributed by atoms with Crippen LogP contribution in [0.1, 0.15) is 29.7 Å². The van der Waals surface area contributed by atoms with Crippen molar-refractivity contribution in [3.05, 3.63) is 65.6 Å². The average Bonchev–Trinajstić information content (AvgIpc) is 3.45. The van der Waals surface area contributed by atoms with Crippen LogP contribution in [0.4, 0.5) is 0 Å². The number of rotatable bonds is 6. The predicted octanol–water partition coefficient (Wildman–Crippen LogP) is 4.05. The van der Waals surface area contributed by atoms with Crippen LogP contribution in [0.25, 0.3) is 16.9 Å². The first-order chi connectivity index (χ1) is 13.1. The molecule has 0 atom stereocenters. The molecule has 138 valence electrons. The smallest absolute Gasteiger partial charge is 0.310 e. The van der Waals surface area contributed by atoms with E-state index in [1.54, 1.807) is 6.20 Å². The Kier molecular flexibility index (Phi) is 4.75. The van der Waals surface area contributed by atoms with E-state index in [0.29, 0.717) is 12.5 Å². The monoisotopic (exact) mass is 361 g/mol. The van der Waals surface area contributed by atoms with Crippen molar-refractivity contribution in [1.29, 1.82) is 0 Å². The molecule has 3 aromatic rings. The molecule has 1 saturated carbocycles. The zero-order chi connectivity index (χ0) is 18.8. The van der Waals surface area contributed by atoms with Crippen LogP contribution in [0, 0.1) is 19.8 Å². The molecule has 0 bridgehead atoms. The summed E-state index contributed by atoms with van der Waals surface area (Å²) in [5.74, 6) is 0.369. The van der Waals surface area contributed by atoms with E-state index in [4.69, 9.17) is 9.84 Å². The van der Waals surface area contributed by atoms with E-state index in [1.165, 1.54) is 12.8 Å². The quantitative estimate of drug-likeness (QED) is 0.622. The van der Waals surface area contributed by atoms with Crippen LogP contribution < -0.4 is 0 Å². The van der Waals surface area contributed by atoms with E-state index in [1.807, 2.05) is 61.1 Å². The molecule has 0 N–H and O–H groups in total. The summed E-state index contributed by atoms with van der Waals surface area (Å²) in [4.78, 5) is 16.7. The van der Waals surface area contributed by atoms with E-state index in [-0.39, 0.29) is 12.4 Å². The van der Waals surface area contributed by atoms with Crippen molar-refractivity contribution in [1.82, 2.24) is 14.8 Å². The number of esters is 1.